The predicted molar refractivity (Wildman–Crippen MR) is 152 cm³/mol. The number of ether oxygens (including phenoxy) is 2. The van der Waals surface area contributed by atoms with E-state index in [9.17, 15) is 4.79 Å². The van der Waals surface area contributed by atoms with Gasteiger partial charge < -0.3 is 24.2 Å². The number of carbonyl (C=O) groups is 1. The maximum absolute atomic E-state index is 14.0. The normalized spacial score (nSPS) is 14.8. The van der Waals surface area contributed by atoms with Crippen molar-refractivity contribution in [1.82, 2.24) is 19.6 Å². The molecule has 0 aliphatic carbocycles. The topological polar surface area (TPSA) is 63.1 Å². The van der Waals surface area contributed by atoms with Gasteiger partial charge in [-0.2, -0.15) is 5.10 Å². The number of hydrogen-bond donors (Lipinski definition) is 0. The summed E-state index contributed by atoms with van der Waals surface area (Å²) in [6, 6.07) is 15.6. The first-order valence-electron chi connectivity index (χ1n) is 13.5. The highest BCUT2D eigenvalue weighted by Gasteiger charge is 2.29. The zero-order chi connectivity index (χ0) is 27.2. The molecule has 2 heterocycles. The Morgan fingerprint density at radius 1 is 1.00 bits per heavy atom. The highest BCUT2D eigenvalue weighted by Crippen LogP contribution is 2.32. The molecule has 0 saturated carbocycles. The molecule has 4 rings (SSSR count). The van der Waals surface area contributed by atoms with Crippen molar-refractivity contribution in [2.24, 2.45) is 0 Å². The first-order valence-corrected chi connectivity index (χ1v) is 13.5. The number of nitrogens with zero attached hydrogens (tertiary/aromatic N) is 5. The third-order valence-electron chi connectivity index (χ3n) is 7.59. The second kappa shape index (κ2) is 12.3. The summed E-state index contributed by atoms with van der Waals surface area (Å²) >= 11 is 0. The smallest absolute Gasteiger partial charge is 0.254 e. The molecule has 38 heavy (non-hydrogen) atoms. The Morgan fingerprint density at radius 2 is 1.63 bits per heavy atom. The first kappa shape index (κ1) is 27.5. The standard InChI is InChI=1S/C30H41N5O3/c1-7-22(3)34(30(36)24-18-26(37-5)20-27(19-24)38-6)21-28-23(4)31-35(25-12-10-9-11-13-25)29(28)33-16-14-32(8-2)15-17-33/h9-13,18-20,22H,7-8,14-17,21H2,1-6H3. The molecule has 1 aliphatic heterocycles. The Balaban J connectivity index is 1.76. The summed E-state index contributed by atoms with van der Waals surface area (Å²) < 4.78 is 12.9. The van der Waals surface area contributed by atoms with Gasteiger partial charge in [-0.15, -0.1) is 0 Å². The van der Waals surface area contributed by atoms with E-state index in [4.69, 9.17) is 14.6 Å². The molecule has 0 spiro atoms. The predicted octanol–water partition coefficient (Wildman–Crippen LogP) is 4.78. The van der Waals surface area contributed by atoms with Crippen LogP contribution in [0.15, 0.2) is 48.5 Å². The van der Waals surface area contributed by atoms with E-state index >= 15 is 0 Å². The summed E-state index contributed by atoms with van der Waals surface area (Å²) in [4.78, 5) is 20.9. The zero-order valence-electron chi connectivity index (χ0n) is 23.6. The van der Waals surface area contributed by atoms with Crippen LogP contribution < -0.4 is 14.4 Å². The largest absolute Gasteiger partial charge is 0.497 e. The Hall–Kier alpha value is -3.52. The van der Waals surface area contributed by atoms with Crippen LogP contribution in [0.2, 0.25) is 0 Å². The maximum Gasteiger partial charge on any atom is 0.254 e. The fourth-order valence-corrected chi connectivity index (χ4v) is 5.00. The second-order valence-electron chi connectivity index (χ2n) is 9.85. The van der Waals surface area contributed by atoms with E-state index in [1.165, 1.54) is 0 Å². The SMILES string of the molecule is CCC(C)N(Cc1c(C)nn(-c2ccccc2)c1N1CCN(CC)CC1)C(=O)c1cc(OC)cc(OC)c1. The minimum Gasteiger partial charge on any atom is -0.497 e. The van der Waals surface area contributed by atoms with Crippen molar-refractivity contribution in [3.05, 3.63) is 65.4 Å². The highest BCUT2D eigenvalue weighted by atomic mass is 16.5. The number of hydrogen-bond acceptors (Lipinski definition) is 6. The molecule has 204 valence electrons. The lowest BCUT2D eigenvalue weighted by Crippen LogP contribution is -2.47. The van der Waals surface area contributed by atoms with Gasteiger partial charge in [0.15, 0.2) is 0 Å². The van der Waals surface area contributed by atoms with Gasteiger partial charge in [0.1, 0.15) is 17.3 Å². The Morgan fingerprint density at radius 3 is 2.18 bits per heavy atom. The van der Waals surface area contributed by atoms with Crippen molar-refractivity contribution in [1.29, 1.82) is 0 Å². The van der Waals surface area contributed by atoms with E-state index in [2.05, 4.69) is 54.3 Å². The molecule has 1 unspecified atom stereocenters. The minimum absolute atomic E-state index is 0.0314. The molecule has 1 atom stereocenters. The Labute approximate surface area is 226 Å². The van der Waals surface area contributed by atoms with Crippen molar-refractivity contribution in [3.63, 3.8) is 0 Å². The minimum atomic E-state index is -0.0508. The number of methoxy groups -OCH3 is 2. The van der Waals surface area contributed by atoms with Gasteiger partial charge in [-0.05, 0) is 51.1 Å². The van der Waals surface area contributed by atoms with Gasteiger partial charge in [-0.1, -0.05) is 32.0 Å². The number of anilines is 1. The number of likely N-dealkylation sites (N-methyl/N-ethyl adjacent to an activating group) is 1. The third-order valence-corrected chi connectivity index (χ3v) is 7.59. The number of amides is 1. The summed E-state index contributed by atoms with van der Waals surface area (Å²) in [6.07, 6.45) is 0.837. The van der Waals surface area contributed by atoms with Gasteiger partial charge in [0, 0.05) is 49.4 Å². The van der Waals surface area contributed by atoms with Crippen LogP contribution in [0.5, 0.6) is 11.5 Å². The van der Waals surface area contributed by atoms with Gasteiger partial charge in [0.25, 0.3) is 5.91 Å². The fourth-order valence-electron chi connectivity index (χ4n) is 5.00. The van der Waals surface area contributed by atoms with Crippen LogP contribution >= 0.6 is 0 Å². The molecule has 8 nitrogen and oxygen atoms in total. The number of piperazine rings is 1. The fraction of sp³-hybridized carbons (Fsp3) is 0.467. The van der Waals surface area contributed by atoms with Gasteiger partial charge in [0.05, 0.1) is 32.1 Å². The summed E-state index contributed by atoms with van der Waals surface area (Å²) in [5, 5.41) is 5.00. The molecule has 1 aromatic heterocycles. The van der Waals surface area contributed by atoms with Gasteiger partial charge >= 0.3 is 0 Å². The van der Waals surface area contributed by atoms with Crippen molar-refractivity contribution >= 4 is 11.7 Å². The molecule has 8 heteroatoms. The van der Waals surface area contributed by atoms with E-state index in [-0.39, 0.29) is 11.9 Å². The first-order chi connectivity index (χ1) is 18.4. The van der Waals surface area contributed by atoms with E-state index in [1.54, 1.807) is 32.4 Å². The number of rotatable bonds is 10. The van der Waals surface area contributed by atoms with Crippen molar-refractivity contribution < 1.29 is 14.3 Å². The lowest BCUT2D eigenvalue weighted by atomic mass is 10.1. The number of para-hydroxylation sites is 1. The van der Waals surface area contributed by atoms with Gasteiger partial charge in [-0.3, -0.25) is 4.79 Å². The summed E-state index contributed by atoms with van der Waals surface area (Å²) in [6.45, 7) is 13.9. The molecule has 0 N–H and O–H groups in total. The van der Waals surface area contributed by atoms with Crippen LogP contribution in [0.25, 0.3) is 5.69 Å². The molecule has 1 saturated heterocycles. The van der Waals surface area contributed by atoms with E-state index < -0.39 is 0 Å². The van der Waals surface area contributed by atoms with E-state index in [1.807, 2.05) is 23.1 Å². The number of aromatic nitrogens is 2. The van der Waals surface area contributed by atoms with Gasteiger partial charge in [-0.25, -0.2) is 4.68 Å². The van der Waals surface area contributed by atoms with E-state index in [0.717, 1.165) is 61.9 Å². The molecule has 1 fully saturated rings. The average molecular weight is 520 g/mol. The Bertz CT molecular complexity index is 1200. The second-order valence-corrected chi connectivity index (χ2v) is 9.85. The van der Waals surface area contributed by atoms with Crippen LogP contribution in [-0.2, 0) is 6.54 Å². The molecular weight excluding hydrogens is 478 g/mol. The lowest BCUT2D eigenvalue weighted by Gasteiger charge is -2.37. The van der Waals surface area contributed by atoms with E-state index in [0.29, 0.717) is 23.6 Å². The molecule has 2 aromatic carbocycles. The molecule has 3 aromatic rings. The monoisotopic (exact) mass is 519 g/mol. The quantitative estimate of drug-likeness (QED) is 0.384. The van der Waals surface area contributed by atoms with Gasteiger partial charge in [0.2, 0.25) is 0 Å². The lowest BCUT2D eigenvalue weighted by molar-refractivity contribution is 0.0670. The molecular formula is C30H41N5O3. The summed E-state index contributed by atoms with van der Waals surface area (Å²) in [5.74, 6) is 2.22. The van der Waals surface area contributed by atoms with Crippen molar-refractivity contribution in [2.45, 2.75) is 46.7 Å². The van der Waals surface area contributed by atoms with Crippen LogP contribution in [0.4, 0.5) is 5.82 Å². The maximum atomic E-state index is 14.0. The Kier molecular flexibility index (Phi) is 8.94. The third kappa shape index (κ3) is 5.80. The molecule has 1 aliphatic rings. The summed E-state index contributed by atoms with van der Waals surface area (Å²) in [5.41, 5.74) is 3.59. The van der Waals surface area contributed by atoms with Crippen LogP contribution in [0.3, 0.4) is 0 Å². The van der Waals surface area contributed by atoms with Crippen LogP contribution in [-0.4, -0.2) is 78.5 Å². The van der Waals surface area contributed by atoms with Crippen LogP contribution in [0, 0.1) is 6.92 Å². The van der Waals surface area contributed by atoms with Crippen molar-refractivity contribution in [3.8, 4) is 17.2 Å². The highest BCUT2D eigenvalue weighted by molar-refractivity contribution is 5.95. The molecule has 1 amide bonds. The number of benzene rings is 2. The van der Waals surface area contributed by atoms with Crippen molar-refractivity contribution in [2.75, 3.05) is 51.8 Å². The molecule has 0 bridgehead atoms. The van der Waals surface area contributed by atoms with Crippen LogP contribution in [0.1, 0.15) is 48.8 Å². The number of carbonyl (C=O) groups excluding carboxylic acids is 1. The summed E-state index contributed by atoms with van der Waals surface area (Å²) in [7, 11) is 3.20. The zero-order valence-corrected chi connectivity index (χ0v) is 23.6. The average Bonchev–Trinajstić information content (AvgIpc) is 3.30. The number of aryl methyl sites for hydroxylation is 1. The molecule has 0 radical (unpaired) electrons.